The van der Waals surface area contributed by atoms with Crippen LogP contribution in [-0.4, -0.2) is 98.1 Å². The first kappa shape index (κ1) is 20.7. The molecule has 2 aliphatic rings. The van der Waals surface area contributed by atoms with Crippen molar-refractivity contribution in [1.82, 2.24) is 4.98 Å². The van der Waals surface area contributed by atoms with Crippen molar-refractivity contribution >= 4 is 10.9 Å². The second kappa shape index (κ2) is 9.01. The zero-order valence-electron chi connectivity index (χ0n) is 14.9. The highest BCUT2D eigenvalue weighted by molar-refractivity contribution is 7.97. The van der Waals surface area contributed by atoms with Gasteiger partial charge < -0.3 is 39.7 Å². The second-order valence-electron chi connectivity index (χ2n) is 6.68. The fourth-order valence-corrected chi connectivity index (χ4v) is 6.05. The Morgan fingerprint density at radius 1 is 1.33 bits per heavy atom. The molecular weight excluding hydrogens is 378 g/mol. The molecule has 0 saturated carbocycles. The lowest BCUT2D eigenvalue weighted by Gasteiger charge is -2.36. The van der Waals surface area contributed by atoms with Gasteiger partial charge in [-0.15, -0.1) is 0 Å². The van der Waals surface area contributed by atoms with Gasteiger partial charge in [-0.2, -0.15) is 0 Å². The number of rotatable bonds is 6. The quantitative estimate of drug-likeness (QED) is 0.338. The number of ether oxygens (including phenoxy) is 3. The highest BCUT2D eigenvalue weighted by Crippen LogP contribution is 2.31. The van der Waals surface area contributed by atoms with E-state index in [9.17, 15) is 25.5 Å². The molecule has 2 aliphatic heterocycles. The molecule has 0 aromatic carbocycles. The van der Waals surface area contributed by atoms with E-state index in [1.807, 2.05) is 0 Å². The average molecular weight is 404 g/mol. The van der Waals surface area contributed by atoms with Crippen molar-refractivity contribution in [2.75, 3.05) is 31.8 Å². The first-order valence-corrected chi connectivity index (χ1v) is 10.3. The number of aliphatic hydroxyl groups excluding tert-OH is 5. The molecular formula is C17H26NO8S+. The molecule has 27 heavy (non-hydrogen) atoms. The van der Waals surface area contributed by atoms with Gasteiger partial charge in [-0.05, 0) is 6.07 Å². The van der Waals surface area contributed by atoms with Crippen LogP contribution in [0.2, 0.25) is 0 Å². The number of aliphatic hydroxyl groups is 5. The predicted octanol–water partition coefficient (Wildman–Crippen LogP) is -2.06. The van der Waals surface area contributed by atoms with Crippen molar-refractivity contribution < 1.29 is 39.7 Å². The number of methoxy groups -OCH3 is 1. The Kier molecular flexibility index (Phi) is 6.93. The third kappa shape index (κ3) is 4.54. The van der Waals surface area contributed by atoms with Crippen molar-refractivity contribution in [2.45, 2.75) is 42.1 Å². The number of aromatic nitrogens is 1. The van der Waals surface area contributed by atoms with Crippen LogP contribution in [0.15, 0.2) is 18.3 Å². The second-order valence-corrected chi connectivity index (χ2v) is 9.03. The average Bonchev–Trinajstić information content (AvgIpc) is 2.94. The SMILES string of the molecule is COc1cc(C2OC[C@@H](O)[C@@H]([C@H](O)C[S+]3C[C@@H](O)[C@H](O)[C@H]3CO)O2)ccn1. The topological polar surface area (TPSA) is 142 Å². The van der Waals surface area contributed by atoms with Crippen molar-refractivity contribution in [1.29, 1.82) is 0 Å². The molecule has 0 aliphatic carbocycles. The van der Waals surface area contributed by atoms with E-state index >= 15 is 0 Å². The molecule has 8 atom stereocenters. The van der Waals surface area contributed by atoms with Gasteiger partial charge in [0, 0.05) is 28.7 Å². The Morgan fingerprint density at radius 3 is 2.81 bits per heavy atom. The zero-order chi connectivity index (χ0) is 19.6. The maximum absolute atomic E-state index is 10.6. The summed E-state index contributed by atoms with van der Waals surface area (Å²) in [5.74, 6) is 0.894. The Morgan fingerprint density at radius 2 is 2.11 bits per heavy atom. The first-order chi connectivity index (χ1) is 12.9. The summed E-state index contributed by atoms with van der Waals surface area (Å²) in [6.45, 7) is -0.288. The molecule has 0 spiro atoms. The van der Waals surface area contributed by atoms with Crippen LogP contribution in [0, 0.1) is 0 Å². The molecule has 10 heteroatoms. The summed E-state index contributed by atoms with van der Waals surface area (Å²) in [7, 11) is 0.899. The maximum atomic E-state index is 10.6. The summed E-state index contributed by atoms with van der Waals surface area (Å²) in [4.78, 5) is 4.02. The smallest absolute Gasteiger partial charge is 0.213 e. The minimum atomic E-state index is -1.04. The fraction of sp³-hybridized carbons (Fsp3) is 0.706. The van der Waals surface area contributed by atoms with Crippen LogP contribution in [-0.2, 0) is 20.4 Å². The molecule has 9 nitrogen and oxygen atoms in total. The maximum Gasteiger partial charge on any atom is 0.213 e. The van der Waals surface area contributed by atoms with Crippen LogP contribution in [0.3, 0.4) is 0 Å². The first-order valence-electron chi connectivity index (χ1n) is 8.71. The monoisotopic (exact) mass is 404 g/mol. The molecule has 3 rings (SSSR count). The number of hydrogen-bond donors (Lipinski definition) is 5. The van der Waals surface area contributed by atoms with Crippen molar-refractivity contribution in [2.24, 2.45) is 0 Å². The van der Waals surface area contributed by atoms with Crippen LogP contribution in [0.5, 0.6) is 5.88 Å². The van der Waals surface area contributed by atoms with E-state index in [1.54, 1.807) is 18.3 Å². The summed E-state index contributed by atoms with van der Waals surface area (Å²) >= 11 is 0. The molecule has 2 unspecified atom stereocenters. The van der Waals surface area contributed by atoms with E-state index in [0.717, 1.165) is 0 Å². The third-order valence-electron chi connectivity index (χ3n) is 4.85. The molecule has 0 bridgehead atoms. The van der Waals surface area contributed by atoms with Gasteiger partial charge in [0.1, 0.15) is 42.0 Å². The van der Waals surface area contributed by atoms with E-state index in [4.69, 9.17) is 14.2 Å². The number of nitrogens with zero attached hydrogens (tertiary/aromatic N) is 1. The minimum absolute atomic E-state index is 0.0144. The van der Waals surface area contributed by atoms with Gasteiger partial charge in [0.15, 0.2) is 11.5 Å². The zero-order valence-corrected chi connectivity index (χ0v) is 15.7. The third-order valence-corrected chi connectivity index (χ3v) is 7.67. The molecule has 1 aromatic rings. The van der Waals surface area contributed by atoms with Crippen molar-refractivity contribution in [3.8, 4) is 5.88 Å². The Hall–Kier alpha value is -0.980. The summed E-state index contributed by atoms with van der Waals surface area (Å²) in [6.07, 6.45) is -4.13. The van der Waals surface area contributed by atoms with E-state index < -0.39 is 53.0 Å². The minimum Gasteiger partial charge on any atom is -0.481 e. The summed E-state index contributed by atoms with van der Waals surface area (Å²) in [5.41, 5.74) is 0.647. The van der Waals surface area contributed by atoms with Crippen molar-refractivity contribution in [3.63, 3.8) is 0 Å². The van der Waals surface area contributed by atoms with E-state index in [-0.39, 0.29) is 19.0 Å². The predicted molar refractivity (Wildman–Crippen MR) is 96.4 cm³/mol. The normalized spacial score (nSPS) is 37.9. The Balaban J connectivity index is 1.67. The van der Waals surface area contributed by atoms with Gasteiger partial charge in [-0.25, -0.2) is 4.98 Å². The summed E-state index contributed by atoms with van der Waals surface area (Å²) < 4.78 is 16.4. The van der Waals surface area contributed by atoms with Gasteiger partial charge in [0.05, 0.1) is 20.3 Å². The summed E-state index contributed by atoms with van der Waals surface area (Å²) in [5, 5.41) is 49.6. The molecule has 2 saturated heterocycles. The van der Waals surface area contributed by atoms with Gasteiger partial charge >= 0.3 is 0 Å². The molecule has 5 N–H and O–H groups in total. The number of hydrogen-bond acceptors (Lipinski definition) is 9. The van der Waals surface area contributed by atoms with Crippen LogP contribution < -0.4 is 4.74 Å². The van der Waals surface area contributed by atoms with Crippen molar-refractivity contribution in [3.05, 3.63) is 23.9 Å². The largest absolute Gasteiger partial charge is 0.481 e. The lowest BCUT2D eigenvalue weighted by molar-refractivity contribution is -0.273. The molecule has 0 radical (unpaired) electrons. The van der Waals surface area contributed by atoms with Crippen LogP contribution in [0.25, 0.3) is 0 Å². The van der Waals surface area contributed by atoms with Crippen LogP contribution in [0.4, 0.5) is 0 Å². The summed E-state index contributed by atoms with van der Waals surface area (Å²) in [6, 6.07) is 3.35. The van der Waals surface area contributed by atoms with Gasteiger partial charge in [0.2, 0.25) is 5.88 Å². The Bertz CT molecular complexity index is 622. The lowest BCUT2D eigenvalue weighted by atomic mass is 10.1. The van der Waals surface area contributed by atoms with E-state index in [1.165, 1.54) is 7.11 Å². The molecule has 1 aromatic heterocycles. The standard InChI is InChI=1S/C17H26NO8S/c1-24-14-4-9(2-3-18-14)17-25-6-10(20)16(26-17)12(22)8-27-7-11(21)15(23)13(27)5-19/h2-4,10-13,15-17,19-23H,5-8H2,1H3/q+1/t10-,11-,12-,13-,15+,16+,17?,27?/m1/s1. The van der Waals surface area contributed by atoms with Crippen LogP contribution >= 0.6 is 0 Å². The van der Waals surface area contributed by atoms with Gasteiger partial charge in [-0.1, -0.05) is 0 Å². The number of pyridine rings is 1. The van der Waals surface area contributed by atoms with E-state index in [0.29, 0.717) is 17.2 Å². The lowest BCUT2D eigenvalue weighted by Crippen LogP contribution is -2.50. The molecule has 152 valence electrons. The van der Waals surface area contributed by atoms with Gasteiger partial charge in [-0.3, -0.25) is 0 Å². The highest BCUT2D eigenvalue weighted by atomic mass is 32.2. The molecule has 2 fully saturated rings. The van der Waals surface area contributed by atoms with E-state index in [2.05, 4.69) is 4.98 Å². The van der Waals surface area contributed by atoms with Gasteiger partial charge in [0.25, 0.3) is 0 Å². The highest BCUT2D eigenvalue weighted by Gasteiger charge is 2.51. The fourth-order valence-electron chi connectivity index (χ4n) is 3.36. The molecule has 3 heterocycles. The van der Waals surface area contributed by atoms with Crippen LogP contribution in [0.1, 0.15) is 11.9 Å². The Labute approximate surface area is 159 Å². The molecule has 0 amide bonds.